The third-order valence-electron chi connectivity index (χ3n) is 13.5. The molecule has 2 bridgehead atoms. The zero-order chi connectivity index (χ0) is 42.6. The van der Waals surface area contributed by atoms with Crippen molar-refractivity contribution in [1.29, 1.82) is 0 Å². The van der Waals surface area contributed by atoms with Crippen molar-refractivity contribution in [2.75, 3.05) is 44.2 Å². The molecule has 10 rings (SSSR count). The summed E-state index contributed by atoms with van der Waals surface area (Å²) in [7, 11) is 1.70. The molecule has 5 fully saturated rings. The van der Waals surface area contributed by atoms with Crippen LogP contribution in [0.5, 0.6) is 5.75 Å². The second-order valence-electron chi connectivity index (χ2n) is 17.0. The van der Waals surface area contributed by atoms with Crippen LogP contribution in [0, 0.1) is 22.9 Å². The number of hydrogen-bond acceptors (Lipinski definition) is 12. The van der Waals surface area contributed by atoms with Crippen molar-refractivity contribution in [3.05, 3.63) is 81.5 Å². The summed E-state index contributed by atoms with van der Waals surface area (Å²) < 4.78 is 50.8. The number of fused-ring (bicyclic) bond motifs is 4. The van der Waals surface area contributed by atoms with Gasteiger partial charge in [-0.15, -0.1) is 0 Å². The maximum atomic E-state index is 14.3. The fraction of sp³-hybridized carbons (Fsp3) is 0.476. The Labute approximate surface area is 347 Å². The van der Waals surface area contributed by atoms with Gasteiger partial charge in [0, 0.05) is 57.7 Å². The second-order valence-corrected chi connectivity index (χ2v) is 17.0. The molecule has 16 nitrogen and oxygen atoms in total. The third kappa shape index (κ3) is 7.41. The number of hydrogen-bond donors (Lipinski definition) is 3. The Hall–Kier alpha value is -6.11. The molecule has 2 saturated heterocycles. The number of imide groups is 1. The summed E-state index contributed by atoms with van der Waals surface area (Å²) in [4.78, 5) is 68.5. The minimum atomic E-state index is -1.80. The monoisotopic (exact) mass is 842 g/mol. The largest absolute Gasteiger partial charge is 0.503 e. The van der Waals surface area contributed by atoms with Crippen LogP contribution in [0.1, 0.15) is 85.6 Å². The number of nitrogens with one attached hydrogen (secondary N) is 2. The van der Waals surface area contributed by atoms with Crippen molar-refractivity contribution in [2.45, 2.75) is 75.7 Å². The minimum Gasteiger partial charge on any atom is -0.503 e. The predicted octanol–water partition coefficient (Wildman–Crippen LogP) is 4.06. The number of amides is 3. The normalized spacial score (nSPS) is 23.1. The zero-order valence-electron chi connectivity index (χ0n) is 33.6. The SMILES string of the molecule is Cn1c(=O)n(C2CCC(=O)NC2=O)c2ccc(CCCN3CCN(c4cc(-c5nc([C@]67CC[C@](CNC(=O)c8cc(F)c(O)c(F)c8F)(CC6)CC7)no5)ncn4)CC3)cc21. The fourth-order valence-corrected chi connectivity index (χ4v) is 9.66. The number of carbonyl (C=O) groups excluding carboxylic acids is 3. The number of aryl methyl sites for hydroxylation is 2. The van der Waals surface area contributed by atoms with E-state index in [1.807, 2.05) is 24.3 Å². The summed E-state index contributed by atoms with van der Waals surface area (Å²) in [5.74, 6) is -6.28. The number of benzene rings is 2. The van der Waals surface area contributed by atoms with Gasteiger partial charge in [-0.25, -0.2) is 23.5 Å². The topological polar surface area (TPSA) is 194 Å². The van der Waals surface area contributed by atoms with E-state index in [0.717, 1.165) is 101 Å². The summed E-state index contributed by atoms with van der Waals surface area (Å²) in [5, 5.41) is 18.7. The summed E-state index contributed by atoms with van der Waals surface area (Å²) >= 11 is 0. The summed E-state index contributed by atoms with van der Waals surface area (Å²) in [5.41, 5.74) is 1.43. The first-order chi connectivity index (χ1) is 29.3. The number of phenolic OH excluding ortho intramolecular Hbond substituents is 1. The van der Waals surface area contributed by atoms with E-state index in [0.29, 0.717) is 35.4 Å². The van der Waals surface area contributed by atoms with Crippen LogP contribution in [-0.4, -0.2) is 96.2 Å². The van der Waals surface area contributed by atoms with Crippen molar-refractivity contribution >= 4 is 34.6 Å². The van der Waals surface area contributed by atoms with Crippen molar-refractivity contribution in [3.8, 4) is 17.3 Å². The molecule has 5 aliphatic rings. The average Bonchev–Trinajstić information content (AvgIpc) is 3.88. The Kier molecular flexibility index (Phi) is 10.4. The van der Waals surface area contributed by atoms with E-state index in [1.54, 1.807) is 11.6 Å². The van der Waals surface area contributed by atoms with Crippen LogP contribution in [-0.2, 0) is 28.5 Å². The number of imidazole rings is 1. The molecule has 5 heterocycles. The highest BCUT2D eigenvalue weighted by Gasteiger charge is 2.51. The van der Waals surface area contributed by atoms with E-state index >= 15 is 0 Å². The van der Waals surface area contributed by atoms with Crippen molar-refractivity contribution in [3.63, 3.8) is 0 Å². The maximum Gasteiger partial charge on any atom is 0.329 e. The van der Waals surface area contributed by atoms with Gasteiger partial charge in [-0.05, 0) is 93.5 Å². The third-order valence-corrected chi connectivity index (χ3v) is 13.5. The molecule has 3 N–H and O–H groups in total. The van der Waals surface area contributed by atoms with Gasteiger partial charge in [-0.2, -0.15) is 9.37 Å². The van der Waals surface area contributed by atoms with E-state index in [2.05, 4.69) is 35.6 Å². The number of aromatic nitrogens is 6. The molecule has 3 aliphatic carbocycles. The highest BCUT2D eigenvalue weighted by atomic mass is 19.2. The van der Waals surface area contributed by atoms with Crippen LogP contribution in [0.2, 0.25) is 0 Å². The van der Waals surface area contributed by atoms with E-state index in [-0.39, 0.29) is 35.4 Å². The predicted molar refractivity (Wildman–Crippen MR) is 213 cm³/mol. The van der Waals surface area contributed by atoms with Crippen LogP contribution in [0.4, 0.5) is 19.0 Å². The molecule has 1 unspecified atom stereocenters. The first kappa shape index (κ1) is 40.3. The highest BCUT2D eigenvalue weighted by molar-refractivity contribution is 6.00. The lowest BCUT2D eigenvalue weighted by molar-refractivity contribution is -0.135. The number of rotatable bonds is 11. The van der Waals surface area contributed by atoms with Crippen LogP contribution in [0.25, 0.3) is 22.6 Å². The molecule has 2 aromatic carbocycles. The van der Waals surface area contributed by atoms with Crippen molar-refractivity contribution in [2.24, 2.45) is 12.5 Å². The van der Waals surface area contributed by atoms with Crippen LogP contribution >= 0.6 is 0 Å². The van der Waals surface area contributed by atoms with Crippen LogP contribution < -0.4 is 21.2 Å². The molecule has 320 valence electrons. The van der Waals surface area contributed by atoms with Gasteiger partial charge in [0.1, 0.15) is 23.9 Å². The summed E-state index contributed by atoms with van der Waals surface area (Å²) in [6.45, 7) is 4.37. The molecule has 3 saturated carbocycles. The fourth-order valence-electron chi connectivity index (χ4n) is 9.66. The lowest BCUT2D eigenvalue weighted by Gasteiger charge is -2.52. The number of anilines is 1. The van der Waals surface area contributed by atoms with Gasteiger partial charge < -0.3 is 19.8 Å². The quantitative estimate of drug-likeness (QED) is 0.128. The molecule has 19 heteroatoms. The lowest BCUT2D eigenvalue weighted by atomic mass is 9.53. The number of halogens is 3. The molecule has 3 aromatic heterocycles. The van der Waals surface area contributed by atoms with Crippen molar-refractivity contribution < 1.29 is 37.2 Å². The van der Waals surface area contributed by atoms with E-state index in [9.17, 15) is 37.5 Å². The molecule has 3 amide bonds. The standard InChI is InChI=1S/C42H45F3N10O6/c1-52-30-19-24(4-5-28(30)55(40(52)60)29-6-7-32(56)49-37(29)59)3-2-14-53-15-17-54(18-16-53)31-21-27(47-23-48-31)38-50-39(51-61-38)42-11-8-41(9-12-42,10-13-42)22-46-36(58)25-20-26(43)35(57)34(45)33(25)44/h4-5,19-21,23,29,57H,2-3,6-18,22H2,1H3,(H,46,58)(H,49,56,59)/t29?,41-,42+. The van der Waals surface area contributed by atoms with Crippen molar-refractivity contribution in [1.82, 2.24) is 44.8 Å². The lowest BCUT2D eigenvalue weighted by Crippen LogP contribution is -2.49. The number of aromatic hydroxyl groups is 1. The molecule has 61 heavy (non-hydrogen) atoms. The van der Waals surface area contributed by atoms with Gasteiger partial charge in [-0.3, -0.25) is 33.7 Å². The molecule has 0 spiro atoms. The van der Waals surface area contributed by atoms with Gasteiger partial charge in [-0.1, -0.05) is 11.2 Å². The second kappa shape index (κ2) is 15.7. The van der Waals surface area contributed by atoms with Gasteiger partial charge in [0.05, 0.1) is 16.6 Å². The molecule has 0 radical (unpaired) electrons. The molecular weight excluding hydrogens is 798 g/mol. The van der Waals surface area contributed by atoms with Crippen LogP contribution in [0.15, 0.2) is 46.0 Å². The van der Waals surface area contributed by atoms with E-state index in [4.69, 9.17) is 9.51 Å². The smallest absolute Gasteiger partial charge is 0.329 e. The molecule has 5 aromatic rings. The van der Waals surface area contributed by atoms with Gasteiger partial charge >= 0.3 is 5.69 Å². The summed E-state index contributed by atoms with van der Waals surface area (Å²) in [6, 6.07) is 7.56. The number of piperidine rings is 1. The number of piperazine rings is 1. The Morgan fingerprint density at radius 1 is 0.967 bits per heavy atom. The average molecular weight is 843 g/mol. The Bertz CT molecular complexity index is 2590. The number of carbonyl (C=O) groups is 3. The Morgan fingerprint density at radius 2 is 1.72 bits per heavy atom. The first-order valence-corrected chi connectivity index (χ1v) is 20.7. The number of phenols is 1. The highest BCUT2D eigenvalue weighted by Crippen LogP contribution is 2.57. The Balaban J connectivity index is 0.763. The van der Waals surface area contributed by atoms with Gasteiger partial charge in [0.15, 0.2) is 23.2 Å². The number of nitrogens with zero attached hydrogens (tertiary/aromatic N) is 8. The minimum absolute atomic E-state index is 0.197. The van der Waals surface area contributed by atoms with Gasteiger partial charge in [0.25, 0.3) is 11.8 Å². The van der Waals surface area contributed by atoms with Gasteiger partial charge in [0.2, 0.25) is 17.6 Å². The molecule has 1 atom stereocenters. The Morgan fingerprint density at radius 3 is 2.46 bits per heavy atom. The first-order valence-electron chi connectivity index (χ1n) is 20.7. The van der Waals surface area contributed by atoms with E-state index in [1.165, 1.54) is 10.9 Å². The molecule has 2 aliphatic heterocycles. The maximum absolute atomic E-state index is 14.3. The zero-order valence-corrected chi connectivity index (χ0v) is 33.6. The van der Waals surface area contributed by atoms with Crippen LogP contribution in [0.3, 0.4) is 0 Å². The van der Waals surface area contributed by atoms with E-state index < -0.39 is 46.6 Å². The summed E-state index contributed by atoms with van der Waals surface area (Å²) in [6.07, 6.45) is 8.20. The molecular formula is C42H45F3N10O6.